The molecule has 0 aliphatic carbocycles. The lowest BCUT2D eigenvalue weighted by Gasteiger charge is -2.33. The van der Waals surface area contributed by atoms with Crippen molar-refractivity contribution in [1.29, 1.82) is 5.26 Å². The average molecular weight is 357 g/mol. The first-order valence-corrected chi connectivity index (χ1v) is 8.42. The predicted molar refractivity (Wildman–Crippen MR) is 95.6 cm³/mol. The maximum absolute atomic E-state index is 13.7. The van der Waals surface area contributed by atoms with E-state index in [4.69, 9.17) is 5.73 Å². The van der Waals surface area contributed by atoms with Crippen LogP contribution in [0.25, 0.3) is 0 Å². The van der Waals surface area contributed by atoms with E-state index in [9.17, 15) is 19.2 Å². The Kier molecular flexibility index (Phi) is 4.91. The van der Waals surface area contributed by atoms with Crippen molar-refractivity contribution in [2.45, 2.75) is 25.3 Å². The molecule has 0 radical (unpaired) electrons. The molecule has 1 saturated heterocycles. The third-order valence-electron chi connectivity index (χ3n) is 4.71. The zero-order chi connectivity index (χ0) is 18.8. The van der Waals surface area contributed by atoms with E-state index in [1.807, 2.05) is 11.0 Å². The normalized spacial score (nSPS) is 17.2. The highest BCUT2D eigenvalue weighted by atomic mass is 19.1. The van der Waals surface area contributed by atoms with Crippen LogP contribution in [0.15, 0.2) is 27.8 Å². The fourth-order valence-corrected chi connectivity index (χ4v) is 3.31. The second-order valence-electron chi connectivity index (χ2n) is 6.56. The van der Waals surface area contributed by atoms with Crippen LogP contribution in [0.5, 0.6) is 0 Å². The maximum Gasteiger partial charge on any atom is 0.329 e. The number of aromatic amines is 1. The molecule has 1 aliphatic rings. The van der Waals surface area contributed by atoms with Gasteiger partial charge in [0.15, 0.2) is 0 Å². The zero-order valence-corrected chi connectivity index (χ0v) is 14.5. The van der Waals surface area contributed by atoms with Crippen molar-refractivity contribution < 1.29 is 4.39 Å². The zero-order valence-electron chi connectivity index (χ0n) is 14.5. The van der Waals surface area contributed by atoms with Gasteiger partial charge in [0.25, 0.3) is 5.56 Å². The van der Waals surface area contributed by atoms with E-state index < -0.39 is 17.1 Å². The molecule has 136 valence electrons. The van der Waals surface area contributed by atoms with Crippen LogP contribution in [0.1, 0.15) is 29.5 Å². The molecule has 1 atom stereocenters. The number of aromatic nitrogens is 2. The van der Waals surface area contributed by atoms with E-state index in [1.165, 1.54) is 25.2 Å². The van der Waals surface area contributed by atoms with E-state index in [1.54, 1.807) is 0 Å². The third kappa shape index (κ3) is 3.39. The predicted octanol–water partition coefficient (Wildman–Crippen LogP) is 0.603. The molecule has 7 nitrogen and oxygen atoms in total. The monoisotopic (exact) mass is 357 g/mol. The summed E-state index contributed by atoms with van der Waals surface area (Å²) in [6.07, 6.45) is 1.77. The molecule has 1 aromatic heterocycles. The summed E-state index contributed by atoms with van der Waals surface area (Å²) in [6, 6.07) is 5.80. The second kappa shape index (κ2) is 7.14. The first-order valence-electron chi connectivity index (χ1n) is 8.42. The van der Waals surface area contributed by atoms with Crippen LogP contribution in [-0.4, -0.2) is 28.7 Å². The van der Waals surface area contributed by atoms with Crippen LogP contribution in [0, 0.1) is 17.1 Å². The molecule has 2 aromatic rings. The summed E-state index contributed by atoms with van der Waals surface area (Å²) in [5, 5.41) is 9.27. The van der Waals surface area contributed by atoms with E-state index in [0.717, 1.165) is 17.4 Å². The molecule has 1 aliphatic heterocycles. The Morgan fingerprint density at radius 1 is 1.42 bits per heavy atom. The number of anilines is 1. The van der Waals surface area contributed by atoms with E-state index in [-0.39, 0.29) is 12.5 Å². The van der Waals surface area contributed by atoms with Gasteiger partial charge in [-0.05, 0) is 36.6 Å². The number of nitrogens with one attached hydrogen (secondary N) is 1. The number of nitrogens with two attached hydrogens (primary N) is 1. The highest BCUT2D eigenvalue weighted by molar-refractivity contribution is 5.50. The van der Waals surface area contributed by atoms with Crippen LogP contribution >= 0.6 is 0 Å². The molecule has 1 fully saturated rings. The third-order valence-corrected chi connectivity index (χ3v) is 4.71. The molecule has 0 amide bonds. The summed E-state index contributed by atoms with van der Waals surface area (Å²) >= 11 is 0. The summed E-state index contributed by atoms with van der Waals surface area (Å²) in [5.41, 5.74) is 6.06. The molecule has 3 rings (SSSR count). The van der Waals surface area contributed by atoms with Crippen molar-refractivity contribution in [3.63, 3.8) is 0 Å². The van der Waals surface area contributed by atoms with Gasteiger partial charge in [0.05, 0.1) is 17.2 Å². The van der Waals surface area contributed by atoms with Crippen molar-refractivity contribution in [2.75, 3.05) is 18.0 Å². The SMILES string of the molecule is Cn1c(=O)[nH]c(N2CCC[C@@H](N)C2)c(Cc2cc(F)ccc2C#N)c1=O. The van der Waals surface area contributed by atoms with Crippen molar-refractivity contribution in [3.05, 3.63) is 61.5 Å². The summed E-state index contributed by atoms with van der Waals surface area (Å²) in [7, 11) is 1.38. The largest absolute Gasteiger partial charge is 0.356 e. The molecule has 2 heterocycles. The Labute approximate surface area is 149 Å². The number of rotatable bonds is 3. The molecule has 8 heteroatoms. The van der Waals surface area contributed by atoms with Gasteiger partial charge in [0.2, 0.25) is 0 Å². The minimum Gasteiger partial charge on any atom is -0.356 e. The molecule has 1 aromatic carbocycles. The Balaban J connectivity index is 2.13. The summed E-state index contributed by atoms with van der Waals surface area (Å²) in [6.45, 7) is 1.18. The van der Waals surface area contributed by atoms with E-state index in [0.29, 0.717) is 35.6 Å². The highest BCUT2D eigenvalue weighted by Gasteiger charge is 2.23. The van der Waals surface area contributed by atoms with E-state index >= 15 is 0 Å². The van der Waals surface area contributed by atoms with Gasteiger partial charge in [-0.1, -0.05) is 0 Å². The number of benzene rings is 1. The molecule has 0 unspecified atom stereocenters. The van der Waals surface area contributed by atoms with Gasteiger partial charge in [0.1, 0.15) is 11.6 Å². The maximum atomic E-state index is 13.7. The first kappa shape index (κ1) is 17.9. The highest BCUT2D eigenvalue weighted by Crippen LogP contribution is 2.22. The Bertz CT molecular complexity index is 989. The van der Waals surface area contributed by atoms with Gasteiger partial charge < -0.3 is 10.6 Å². The van der Waals surface area contributed by atoms with Crippen LogP contribution in [-0.2, 0) is 13.5 Å². The number of hydrogen-bond donors (Lipinski definition) is 2. The van der Waals surface area contributed by atoms with Crippen molar-refractivity contribution in [1.82, 2.24) is 9.55 Å². The van der Waals surface area contributed by atoms with Crippen molar-refractivity contribution in [3.8, 4) is 6.07 Å². The minimum absolute atomic E-state index is 0.0468. The number of hydrogen-bond acceptors (Lipinski definition) is 5. The molecule has 0 saturated carbocycles. The van der Waals surface area contributed by atoms with Crippen LogP contribution in [0.4, 0.5) is 10.2 Å². The number of nitrogens with zero attached hydrogens (tertiary/aromatic N) is 3. The molecule has 0 bridgehead atoms. The molecule has 26 heavy (non-hydrogen) atoms. The lowest BCUT2D eigenvalue weighted by Crippen LogP contribution is -2.46. The number of halogens is 1. The second-order valence-corrected chi connectivity index (χ2v) is 6.56. The Hall–Kier alpha value is -2.92. The molecule has 3 N–H and O–H groups in total. The minimum atomic E-state index is -0.521. The molecule has 0 spiro atoms. The Morgan fingerprint density at radius 3 is 2.88 bits per heavy atom. The van der Waals surface area contributed by atoms with Gasteiger partial charge in [-0.25, -0.2) is 9.18 Å². The molecular weight excluding hydrogens is 337 g/mol. The van der Waals surface area contributed by atoms with Crippen molar-refractivity contribution >= 4 is 5.82 Å². The van der Waals surface area contributed by atoms with Gasteiger partial charge in [-0.3, -0.25) is 14.3 Å². The van der Waals surface area contributed by atoms with Crippen LogP contribution in [0.2, 0.25) is 0 Å². The summed E-state index contributed by atoms with van der Waals surface area (Å²) in [5.74, 6) is -0.0804. The van der Waals surface area contributed by atoms with Crippen molar-refractivity contribution in [2.24, 2.45) is 12.8 Å². The van der Waals surface area contributed by atoms with Crippen LogP contribution < -0.4 is 21.9 Å². The van der Waals surface area contributed by atoms with Crippen LogP contribution in [0.3, 0.4) is 0 Å². The Morgan fingerprint density at radius 2 is 2.19 bits per heavy atom. The summed E-state index contributed by atoms with van der Waals surface area (Å²) < 4.78 is 14.6. The summed E-state index contributed by atoms with van der Waals surface area (Å²) in [4.78, 5) is 29.5. The van der Waals surface area contributed by atoms with E-state index in [2.05, 4.69) is 4.98 Å². The van der Waals surface area contributed by atoms with Gasteiger partial charge >= 0.3 is 5.69 Å². The average Bonchev–Trinajstić information content (AvgIpc) is 2.62. The number of H-pyrrole nitrogens is 1. The molecular formula is C18H20FN5O2. The van der Waals surface area contributed by atoms with Gasteiger partial charge in [-0.2, -0.15) is 5.26 Å². The topological polar surface area (TPSA) is 108 Å². The van der Waals surface area contributed by atoms with Gasteiger partial charge in [-0.15, -0.1) is 0 Å². The lowest BCUT2D eigenvalue weighted by atomic mass is 10.00. The number of piperidine rings is 1. The standard InChI is InChI=1S/C18H20FN5O2/c1-23-17(25)15(8-12-7-13(19)5-4-11(12)9-20)16(22-18(23)26)24-6-2-3-14(21)10-24/h4-5,7,14H,2-3,6,8,10,21H2,1H3,(H,22,26)/t14-/m1/s1. The first-order chi connectivity index (χ1) is 12.4. The lowest BCUT2D eigenvalue weighted by molar-refractivity contribution is 0.500. The quantitative estimate of drug-likeness (QED) is 0.836. The fourth-order valence-electron chi connectivity index (χ4n) is 3.31. The smallest absolute Gasteiger partial charge is 0.329 e. The van der Waals surface area contributed by atoms with Gasteiger partial charge in [0, 0.05) is 32.6 Å². The fraction of sp³-hybridized carbons (Fsp3) is 0.389. The number of nitriles is 1.